The van der Waals surface area contributed by atoms with Gasteiger partial charge in [-0.2, -0.15) is 0 Å². The minimum atomic E-state index is -0.769. The summed E-state index contributed by atoms with van der Waals surface area (Å²) in [5.74, 6) is 0.120. The number of carbonyl (C=O) groups is 2. The van der Waals surface area contributed by atoms with E-state index in [9.17, 15) is 14.0 Å². The Bertz CT molecular complexity index is 1500. The van der Waals surface area contributed by atoms with E-state index in [1.165, 1.54) is 12.1 Å². The van der Waals surface area contributed by atoms with Crippen LogP contribution in [0.1, 0.15) is 29.5 Å². The van der Waals surface area contributed by atoms with Gasteiger partial charge in [-0.05, 0) is 84.7 Å². The topological polar surface area (TPSA) is 115 Å². The van der Waals surface area contributed by atoms with Crippen molar-refractivity contribution in [2.45, 2.75) is 44.3 Å². The maximum Gasteiger partial charge on any atom is 0.243 e. The first-order valence-corrected chi connectivity index (χ1v) is 13.8. The van der Waals surface area contributed by atoms with Gasteiger partial charge in [0.15, 0.2) is 0 Å². The number of nitrogens with two attached hydrogens (primary N) is 1. The highest BCUT2D eigenvalue weighted by Crippen LogP contribution is 2.28. The number of aromatic nitrogens is 3. The second kappa shape index (κ2) is 12.5. The van der Waals surface area contributed by atoms with Gasteiger partial charge in [-0.3, -0.25) is 9.59 Å². The highest BCUT2D eigenvalue weighted by Gasteiger charge is 2.40. The lowest BCUT2D eigenvalue weighted by molar-refractivity contribution is -0.139. The van der Waals surface area contributed by atoms with Crippen LogP contribution in [0.25, 0.3) is 11.0 Å². The predicted molar refractivity (Wildman–Crippen MR) is 153 cm³/mol. The minimum absolute atomic E-state index is 0.100. The Morgan fingerprint density at radius 1 is 1.07 bits per heavy atom. The Labute approximate surface area is 238 Å². The number of aryl methyl sites for hydroxylation is 2. The van der Waals surface area contributed by atoms with Gasteiger partial charge in [0.1, 0.15) is 23.1 Å². The third-order valence-corrected chi connectivity index (χ3v) is 7.77. The molecule has 3 N–H and O–H groups in total. The highest BCUT2D eigenvalue weighted by molar-refractivity contribution is 5.90. The molecule has 9 nitrogen and oxygen atoms in total. The van der Waals surface area contributed by atoms with Gasteiger partial charge in [-0.15, -0.1) is 5.10 Å². The molecule has 1 fully saturated rings. The molecule has 0 radical (unpaired) electrons. The van der Waals surface area contributed by atoms with Crippen molar-refractivity contribution in [2.75, 3.05) is 13.7 Å². The summed E-state index contributed by atoms with van der Waals surface area (Å²) < 4.78 is 20.2. The first kappa shape index (κ1) is 28.2. The number of hydrogen-bond donors (Lipinski definition) is 2. The molecular weight excluding hydrogens is 523 g/mol. The summed E-state index contributed by atoms with van der Waals surface area (Å²) in [5, 5.41) is 11.2. The third-order valence-electron chi connectivity index (χ3n) is 7.77. The number of rotatable bonds is 10. The third kappa shape index (κ3) is 6.71. The van der Waals surface area contributed by atoms with Crippen LogP contribution >= 0.6 is 0 Å². The maximum absolute atomic E-state index is 13.6. The number of likely N-dealkylation sites (tertiary alicyclic amines) is 1. The summed E-state index contributed by atoms with van der Waals surface area (Å²) in [5.41, 5.74) is 10.9. The van der Waals surface area contributed by atoms with Gasteiger partial charge >= 0.3 is 0 Å². The molecule has 3 aromatic carbocycles. The van der Waals surface area contributed by atoms with Crippen LogP contribution in [0.15, 0.2) is 66.7 Å². The lowest BCUT2D eigenvalue weighted by atomic mass is 9.96. The van der Waals surface area contributed by atoms with E-state index in [2.05, 4.69) is 15.6 Å². The van der Waals surface area contributed by atoms with E-state index in [-0.39, 0.29) is 23.5 Å². The van der Waals surface area contributed by atoms with Crippen molar-refractivity contribution in [1.82, 2.24) is 25.2 Å². The molecule has 4 aromatic rings. The molecule has 0 bridgehead atoms. The predicted octanol–water partition coefficient (Wildman–Crippen LogP) is 3.15. The second-order valence-electron chi connectivity index (χ2n) is 10.7. The molecule has 214 valence electrons. The SMILES string of the molecule is COc1ccc(C[C@@H]2C[C@@H](C(=O)NCc3ccc4c(c3)nnn4C)N(C(=O)[C@H](N)CCc3ccc(F)cc3)C2)cc1. The van der Waals surface area contributed by atoms with E-state index < -0.39 is 12.1 Å². The maximum atomic E-state index is 13.6. The normalized spacial score (nSPS) is 17.5. The van der Waals surface area contributed by atoms with E-state index in [0.717, 1.165) is 39.9 Å². The number of nitrogens with one attached hydrogen (secondary N) is 1. The fourth-order valence-corrected chi connectivity index (χ4v) is 5.47. The summed E-state index contributed by atoms with van der Waals surface area (Å²) in [4.78, 5) is 28.7. The highest BCUT2D eigenvalue weighted by atomic mass is 19.1. The van der Waals surface area contributed by atoms with Crippen LogP contribution in [0.3, 0.4) is 0 Å². The number of carbonyl (C=O) groups excluding carboxylic acids is 2. The number of amides is 2. The average Bonchev–Trinajstić information content (AvgIpc) is 3.58. The van der Waals surface area contributed by atoms with Gasteiger partial charge in [0.05, 0.1) is 18.7 Å². The van der Waals surface area contributed by atoms with Crippen LogP contribution < -0.4 is 15.8 Å². The van der Waals surface area contributed by atoms with Gasteiger partial charge in [0.25, 0.3) is 0 Å². The number of methoxy groups -OCH3 is 1. The lowest BCUT2D eigenvalue weighted by Gasteiger charge is -2.27. The number of halogens is 1. The molecule has 0 saturated carbocycles. The Kier molecular flexibility index (Phi) is 8.58. The average molecular weight is 559 g/mol. The van der Waals surface area contributed by atoms with Gasteiger partial charge in [-0.25, -0.2) is 9.07 Å². The van der Waals surface area contributed by atoms with Crippen LogP contribution in [0, 0.1) is 11.7 Å². The molecule has 1 saturated heterocycles. The van der Waals surface area contributed by atoms with Crippen molar-refractivity contribution in [2.24, 2.45) is 18.7 Å². The van der Waals surface area contributed by atoms with E-state index in [4.69, 9.17) is 10.5 Å². The Morgan fingerprint density at radius 3 is 2.51 bits per heavy atom. The monoisotopic (exact) mass is 558 g/mol. The zero-order valence-corrected chi connectivity index (χ0v) is 23.3. The smallest absolute Gasteiger partial charge is 0.243 e. The quantitative estimate of drug-likeness (QED) is 0.309. The van der Waals surface area contributed by atoms with Crippen LogP contribution in [-0.4, -0.2) is 57.4 Å². The number of nitrogens with zero attached hydrogens (tertiary/aromatic N) is 4. The van der Waals surface area contributed by atoms with Crippen molar-refractivity contribution in [3.8, 4) is 5.75 Å². The minimum Gasteiger partial charge on any atom is -0.497 e. The molecule has 3 atom stereocenters. The molecule has 1 aliphatic heterocycles. The van der Waals surface area contributed by atoms with Crippen LogP contribution in [0.4, 0.5) is 4.39 Å². The number of ether oxygens (including phenoxy) is 1. The van der Waals surface area contributed by atoms with Crippen molar-refractivity contribution >= 4 is 22.8 Å². The van der Waals surface area contributed by atoms with E-state index >= 15 is 0 Å². The summed E-state index contributed by atoms with van der Waals surface area (Å²) in [7, 11) is 3.46. The van der Waals surface area contributed by atoms with Crippen LogP contribution in [0.2, 0.25) is 0 Å². The Morgan fingerprint density at radius 2 is 1.78 bits per heavy atom. The molecule has 5 rings (SSSR count). The molecule has 1 aromatic heterocycles. The fourth-order valence-electron chi connectivity index (χ4n) is 5.47. The molecular formula is C31H35FN6O3. The molecule has 0 aliphatic carbocycles. The van der Waals surface area contributed by atoms with Crippen molar-refractivity contribution < 1.29 is 18.7 Å². The molecule has 0 spiro atoms. The van der Waals surface area contributed by atoms with Crippen LogP contribution in [-0.2, 0) is 36.0 Å². The van der Waals surface area contributed by atoms with Gasteiger partial charge in [-0.1, -0.05) is 35.5 Å². The molecule has 2 heterocycles. The molecule has 0 unspecified atom stereocenters. The summed E-state index contributed by atoms with van der Waals surface area (Å²) >= 11 is 0. The van der Waals surface area contributed by atoms with Gasteiger partial charge < -0.3 is 20.7 Å². The van der Waals surface area contributed by atoms with Gasteiger partial charge in [0.2, 0.25) is 11.8 Å². The first-order chi connectivity index (χ1) is 19.8. The Balaban J connectivity index is 1.27. The van der Waals surface area contributed by atoms with Crippen molar-refractivity contribution in [3.05, 3.63) is 89.2 Å². The standard InChI is InChI=1S/C31H35FN6O3/c1-37-28-14-8-22(16-27(28)35-36-37)18-34-30(39)29-17-23(15-21-5-11-25(41-2)12-6-21)19-38(29)31(40)26(33)13-7-20-3-9-24(32)10-4-20/h3-6,8-12,14,16,23,26,29H,7,13,15,17-19,33H2,1-2H3,(H,34,39)/t23-,26-,29+/m1/s1. The lowest BCUT2D eigenvalue weighted by Crippen LogP contribution is -2.51. The molecule has 10 heteroatoms. The van der Waals surface area contributed by atoms with Gasteiger partial charge in [0, 0.05) is 20.1 Å². The first-order valence-electron chi connectivity index (χ1n) is 13.8. The fraction of sp³-hybridized carbons (Fsp3) is 0.355. The van der Waals surface area contributed by atoms with Crippen molar-refractivity contribution in [1.29, 1.82) is 0 Å². The van der Waals surface area contributed by atoms with Crippen LogP contribution in [0.5, 0.6) is 5.75 Å². The molecule has 41 heavy (non-hydrogen) atoms. The van der Waals surface area contributed by atoms with E-state index in [1.54, 1.807) is 28.8 Å². The summed E-state index contributed by atoms with van der Waals surface area (Å²) in [6.45, 7) is 0.752. The Hall–Kier alpha value is -4.31. The van der Waals surface area contributed by atoms with Crippen molar-refractivity contribution in [3.63, 3.8) is 0 Å². The number of benzene rings is 3. The zero-order chi connectivity index (χ0) is 28.9. The largest absolute Gasteiger partial charge is 0.497 e. The summed E-state index contributed by atoms with van der Waals surface area (Å²) in [6.07, 6.45) is 2.21. The zero-order valence-electron chi connectivity index (χ0n) is 23.3. The molecule has 2 amide bonds. The summed E-state index contributed by atoms with van der Waals surface area (Å²) in [6, 6.07) is 18.4. The van der Waals surface area contributed by atoms with E-state index in [0.29, 0.717) is 32.4 Å². The van der Waals surface area contributed by atoms with E-state index in [1.807, 2.05) is 49.5 Å². The molecule has 1 aliphatic rings. The number of fused-ring (bicyclic) bond motifs is 1. The second-order valence-corrected chi connectivity index (χ2v) is 10.7. The number of hydrogen-bond acceptors (Lipinski definition) is 6.